The van der Waals surface area contributed by atoms with E-state index in [0.29, 0.717) is 5.76 Å². The van der Waals surface area contributed by atoms with Crippen LogP contribution < -0.4 is 11.1 Å². The number of hydrogen-bond donors (Lipinski definition) is 2. The molecule has 3 N–H and O–H groups in total. The van der Waals surface area contributed by atoms with Crippen molar-refractivity contribution in [3.8, 4) is 0 Å². The van der Waals surface area contributed by atoms with Gasteiger partial charge in [0.15, 0.2) is 11.5 Å². The molecule has 1 amide bonds. The predicted octanol–water partition coefficient (Wildman–Crippen LogP) is 1.51. The third kappa shape index (κ3) is 3.87. The van der Waals surface area contributed by atoms with Crippen molar-refractivity contribution in [2.24, 2.45) is 5.73 Å². The van der Waals surface area contributed by atoms with Crippen molar-refractivity contribution in [2.45, 2.75) is 25.8 Å². The lowest BCUT2D eigenvalue weighted by molar-refractivity contribution is 0.0991. The van der Waals surface area contributed by atoms with Crippen LogP contribution in [-0.2, 0) is 6.42 Å². The fraction of sp³-hybridized carbons (Fsp3) is 0.417. The first kappa shape index (κ1) is 13.7. The van der Waals surface area contributed by atoms with Gasteiger partial charge >= 0.3 is 0 Å². The molecule has 19 heavy (non-hydrogen) atoms. The smallest absolute Gasteiger partial charge is 0.270 e. The number of primary amides is 1. The van der Waals surface area contributed by atoms with Crippen molar-refractivity contribution in [1.82, 2.24) is 15.5 Å². The fourth-order valence-corrected chi connectivity index (χ4v) is 2.30. The van der Waals surface area contributed by atoms with Crippen LogP contribution in [0.4, 0.5) is 0 Å². The maximum Gasteiger partial charge on any atom is 0.270 e. The molecule has 2 rings (SSSR count). The van der Waals surface area contributed by atoms with E-state index in [-0.39, 0.29) is 11.7 Å². The topological polar surface area (TPSA) is 94.0 Å². The van der Waals surface area contributed by atoms with Gasteiger partial charge in [0.2, 0.25) is 0 Å². The molecule has 0 aliphatic heterocycles. The van der Waals surface area contributed by atoms with Gasteiger partial charge in [-0.2, -0.15) is 0 Å². The van der Waals surface area contributed by atoms with Crippen molar-refractivity contribution in [3.63, 3.8) is 0 Å². The molecular formula is C12H16N4O2S. The summed E-state index contributed by atoms with van der Waals surface area (Å²) in [4.78, 5) is 16.2. The van der Waals surface area contributed by atoms with Crippen LogP contribution in [0, 0.1) is 0 Å². The quantitative estimate of drug-likeness (QED) is 0.750. The van der Waals surface area contributed by atoms with E-state index >= 15 is 0 Å². The Kier molecular flexibility index (Phi) is 4.64. The zero-order chi connectivity index (χ0) is 13.7. The van der Waals surface area contributed by atoms with Crippen LogP contribution in [0.5, 0.6) is 0 Å². The SMILES string of the molecule is CC(NCCCc1cncs1)c1cc(C(N)=O)no1. The van der Waals surface area contributed by atoms with Gasteiger partial charge in [0.1, 0.15) is 0 Å². The highest BCUT2D eigenvalue weighted by atomic mass is 32.1. The number of hydrogen-bond acceptors (Lipinski definition) is 6. The van der Waals surface area contributed by atoms with E-state index < -0.39 is 5.91 Å². The number of thiazole rings is 1. The first-order valence-electron chi connectivity index (χ1n) is 6.04. The zero-order valence-electron chi connectivity index (χ0n) is 10.6. The second kappa shape index (κ2) is 6.44. The maximum absolute atomic E-state index is 10.9. The molecule has 0 bridgehead atoms. The summed E-state index contributed by atoms with van der Waals surface area (Å²) in [5.74, 6) is 0.0407. The van der Waals surface area contributed by atoms with E-state index in [0.717, 1.165) is 19.4 Å². The van der Waals surface area contributed by atoms with E-state index in [9.17, 15) is 4.79 Å². The van der Waals surface area contributed by atoms with Crippen molar-refractivity contribution >= 4 is 17.2 Å². The lowest BCUT2D eigenvalue weighted by atomic mass is 10.2. The van der Waals surface area contributed by atoms with Crippen LogP contribution in [0.15, 0.2) is 22.3 Å². The number of amides is 1. The maximum atomic E-state index is 10.9. The molecule has 0 radical (unpaired) electrons. The van der Waals surface area contributed by atoms with Gasteiger partial charge in [-0.3, -0.25) is 9.78 Å². The lowest BCUT2D eigenvalue weighted by Crippen LogP contribution is -2.19. The number of rotatable bonds is 7. The molecule has 0 saturated carbocycles. The molecule has 2 aromatic heterocycles. The van der Waals surface area contributed by atoms with Crippen molar-refractivity contribution in [1.29, 1.82) is 0 Å². The van der Waals surface area contributed by atoms with Gasteiger partial charge in [0.05, 0.1) is 11.6 Å². The molecular weight excluding hydrogens is 264 g/mol. The summed E-state index contributed by atoms with van der Waals surface area (Å²) in [6.45, 7) is 2.81. The molecule has 1 atom stereocenters. The third-order valence-electron chi connectivity index (χ3n) is 2.74. The van der Waals surface area contributed by atoms with E-state index in [4.69, 9.17) is 10.3 Å². The van der Waals surface area contributed by atoms with Crippen molar-refractivity contribution in [2.75, 3.05) is 6.54 Å². The Hall–Kier alpha value is -1.73. The average Bonchev–Trinajstić information content (AvgIpc) is 3.05. The van der Waals surface area contributed by atoms with Crippen LogP contribution in [0.2, 0.25) is 0 Å². The molecule has 6 nitrogen and oxygen atoms in total. The summed E-state index contributed by atoms with van der Waals surface area (Å²) < 4.78 is 5.07. The van der Waals surface area contributed by atoms with Crippen LogP contribution >= 0.6 is 11.3 Å². The molecule has 0 aliphatic carbocycles. The monoisotopic (exact) mass is 280 g/mol. The van der Waals surface area contributed by atoms with Gasteiger partial charge in [-0.1, -0.05) is 5.16 Å². The highest BCUT2D eigenvalue weighted by Gasteiger charge is 2.14. The van der Waals surface area contributed by atoms with Crippen LogP contribution in [0.3, 0.4) is 0 Å². The summed E-state index contributed by atoms with van der Waals surface area (Å²) in [7, 11) is 0. The van der Waals surface area contributed by atoms with Gasteiger partial charge in [0, 0.05) is 17.1 Å². The molecule has 0 aliphatic rings. The minimum atomic E-state index is -0.576. The van der Waals surface area contributed by atoms with Gasteiger partial charge in [-0.25, -0.2) is 0 Å². The Bertz CT molecular complexity index is 524. The number of nitrogens with two attached hydrogens (primary N) is 1. The molecule has 7 heteroatoms. The van der Waals surface area contributed by atoms with Crippen molar-refractivity contribution in [3.05, 3.63) is 34.1 Å². The minimum Gasteiger partial charge on any atom is -0.364 e. The van der Waals surface area contributed by atoms with Crippen LogP contribution in [0.25, 0.3) is 0 Å². The molecule has 0 saturated heterocycles. The highest BCUT2D eigenvalue weighted by Crippen LogP contribution is 2.14. The molecule has 102 valence electrons. The largest absolute Gasteiger partial charge is 0.364 e. The molecule has 0 spiro atoms. The van der Waals surface area contributed by atoms with E-state index in [1.165, 1.54) is 4.88 Å². The van der Waals surface area contributed by atoms with Crippen LogP contribution in [0.1, 0.15) is 40.5 Å². The number of carbonyl (C=O) groups is 1. The molecule has 1 unspecified atom stereocenters. The minimum absolute atomic E-state index is 0.00191. The predicted molar refractivity (Wildman–Crippen MR) is 71.9 cm³/mol. The first-order valence-corrected chi connectivity index (χ1v) is 6.92. The summed E-state index contributed by atoms with van der Waals surface area (Å²) in [6, 6.07) is 1.57. The average molecular weight is 280 g/mol. The first-order chi connectivity index (χ1) is 9.16. The van der Waals surface area contributed by atoms with Gasteiger partial charge in [-0.15, -0.1) is 11.3 Å². The second-order valence-electron chi connectivity index (χ2n) is 4.23. The Labute approximate surface area is 115 Å². The fourth-order valence-electron chi connectivity index (χ4n) is 1.66. The summed E-state index contributed by atoms with van der Waals surface area (Å²) in [5.41, 5.74) is 7.12. The summed E-state index contributed by atoms with van der Waals surface area (Å²) in [6.07, 6.45) is 3.92. The molecule has 2 heterocycles. The highest BCUT2D eigenvalue weighted by molar-refractivity contribution is 7.09. The zero-order valence-corrected chi connectivity index (χ0v) is 11.4. The normalized spacial score (nSPS) is 12.5. The lowest BCUT2D eigenvalue weighted by Gasteiger charge is -2.09. The Morgan fingerprint density at radius 3 is 3.11 bits per heavy atom. The number of aromatic nitrogens is 2. The number of aryl methyl sites for hydroxylation is 1. The Morgan fingerprint density at radius 2 is 2.47 bits per heavy atom. The van der Waals surface area contributed by atoms with E-state index in [2.05, 4.69) is 15.5 Å². The Balaban J connectivity index is 1.74. The number of nitrogens with one attached hydrogen (secondary N) is 1. The number of carbonyl (C=O) groups excluding carboxylic acids is 1. The number of nitrogens with zero attached hydrogens (tertiary/aromatic N) is 2. The molecule has 0 fully saturated rings. The summed E-state index contributed by atoms with van der Waals surface area (Å²) >= 11 is 1.67. The Morgan fingerprint density at radius 1 is 1.63 bits per heavy atom. The second-order valence-corrected chi connectivity index (χ2v) is 5.20. The third-order valence-corrected chi connectivity index (χ3v) is 3.58. The van der Waals surface area contributed by atoms with Gasteiger partial charge in [-0.05, 0) is 26.3 Å². The van der Waals surface area contributed by atoms with Gasteiger partial charge < -0.3 is 15.6 Å². The van der Waals surface area contributed by atoms with Crippen LogP contribution in [-0.4, -0.2) is 22.6 Å². The molecule has 2 aromatic rings. The van der Waals surface area contributed by atoms with Gasteiger partial charge in [0.25, 0.3) is 5.91 Å². The van der Waals surface area contributed by atoms with Crippen molar-refractivity contribution < 1.29 is 9.32 Å². The molecule has 0 aromatic carbocycles. The summed E-state index contributed by atoms with van der Waals surface area (Å²) in [5, 5.41) is 6.92. The van der Waals surface area contributed by atoms with E-state index in [1.54, 1.807) is 17.4 Å². The standard InChI is InChI=1S/C12H16N4O2S/c1-8(11-5-10(12(13)17)16-18-11)15-4-2-3-9-6-14-7-19-9/h5-8,15H,2-4H2,1H3,(H2,13,17). The van der Waals surface area contributed by atoms with E-state index in [1.807, 2.05) is 18.6 Å².